The summed E-state index contributed by atoms with van der Waals surface area (Å²) >= 11 is 5.78. The molecule has 0 aliphatic heterocycles. The van der Waals surface area contributed by atoms with Crippen molar-refractivity contribution < 1.29 is 18.3 Å². The fraction of sp³-hybridized carbons (Fsp3) is 0.0714. The first kappa shape index (κ1) is 13.5. The molecule has 0 fully saturated rings. The van der Waals surface area contributed by atoms with E-state index in [0.717, 1.165) is 12.1 Å². The summed E-state index contributed by atoms with van der Waals surface area (Å²) in [5, 5.41) is 0.396. The van der Waals surface area contributed by atoms with Gasteiger partial charge in [0.2, 0.25) is 0 Å². The van der Waals surface area contributed by atoms with Crippen LogP contribution in [0.15, 0.2) is 36.4 Å². The molecular weight excluding hydrogens is 274 g/mol. The van der Waals surface area contributed by atoms with Gasteiger partial charge in [-0.15, -0.1) is 0 Å². The predicted molar refractivity (Wildman–Crippen MR) is 67.8 cm³/mol. The Morgan fingerprint density at radius 1 is 1.11 bits per heavy atom. The SMILES string of the molecule is COc1cc(Cl)ccc1C(=O)c1ccc(F)cc1F. The maximum absolute atomic E-state index is 13.6. The van der Waals surface area contributed by atoms with Crippen LogP contribution in [0.2, 0.25) is 5.02 Å². The molecule has 2 rings (SSSR count). The lowest BCUT2D eigenvalue weighted by Gasteiger charge is -2.08. The van der Waals surface area contributed by atoms with Crippen LogP contribution in [0.3, 0.4) is 0 Å². The molecule has 19 heavy (non-hydrogen) atoms. The lowest BCUT2D eigenvalue weighted by molar-refractivity contribution is 0.103. The number of hydrogen-bond acceptors (Lipinski definition) is 2. The third-order valence-corrected chi connectivity index (χ3v) is 2.82. The van der Waals surface area contributed by atoms with E-state index in [2.05, 4.69) is 0 Å². The van der Waals surface area contributed by atoms with Crippen molar-refractivity contribution in [2.45, 2.75) is 0 Å². The molecule has 0 amide bonds. The number of ketones is 1. The lowest BCUT2D eigenvalue weighted by Crippen LogP contribution is -2.06. The molecule has 0 saturated heterocycles. The Hall–Kier alpha value is -1.94. The zero-order chi connectivity index (χ0) is 14.0. The van der Waals surface area contributed by atoms with Crippen molar-refractivity contribution in [1.29, 1.82) is 0 Å². The standard InChI is InChI=1S/C14H9ClF2O2/c1-19-13-6-8(15)2-4-11(13)14(18)10-5-3-9(16)7-12(10)17/h2-7H,1H3. The van der Waals surface area contributed by atoms with Crippen LogP contribution in [-0.4, -0.2) is 12.9 Å². The molecule has 0 heterocycles. The van der Waals surface area contributed by atoms with Crippen LogP contribution in [0.5, 0.6) is 5.75 Å². The van der Waals surface area contributed by atoms with E-state index in [9.17, 15) is 13.6 Å². The van der Waals surface area contributed by atoms with Crippen LogP contribution in [0, 0.1) is 11.6 Å². The highest BCUT2D eigenvalue weighted by Crippen LogP contribution is 2.26. The Bertz CT molecular complexity index is 641. The molecule has 0 aliphatic carbocycles. The minimum absolute atomic E-state index is 0.164. The maximum atomic E-state index is 13.6. The van der Waals surface area contributed by atoms with Crippen molar-refractivity contribution in [2.24, 2.45) is 0 Å². The number of ether oxygens (including phenoxy) is 1. The predicted octanol–water partition coefficient (Wildman–Crippen LogP) is 3.86. The molecule has 2 nitrogen and oxygen atoms in total. The maximum Gasteiger partial charge on any atom is 0.199 e. The molecule has 0 unspecified atom stereocenters. The van der Waals surface area contributed by atoms with Crippen LogP contribution in [-0.2, 0) is 0 Å². The van der Waals surface area contributed by atoms with Gasteiger partial charge >= 0.3 is 0 Å². The van der Waals surface area contributed by atoms with Gasteiger partial charge in [-0.3, -0.25) is 4.79 Å². The van der Waals surface area contributed by atoms with Gasteiger partial charge in [0, 0.05) is 11.1 Å². The van der Waals surface area contributed by atoms with Crippen molar-refractivity contribution in [3.8, 4) is 5.75 Å². The smallest absolute Gasteiger partial charge is 0.199 e. The first-order chi connectivity index (χ1) is 9.02. The average Bonchev–Trinajstić information content (AvgIpc) is 2.37. The molecule has 0 saturated carbocycles. The van der Waals surface area contributed by atoms with Gasteiger partial charge in [0.25, 0.3) is 0 Å². The topological polar surface area (TPSA) is 26.3 Å². The number of methoxy groups -OCH3 is 1. The van der Waals surface area contributed by atoms with Crippen LogP contribution in [0.25, 0.3) is 0 Å². The molecule has 2 aromatic carbocycles. The summed E-state index contributed by atoms with van der Waals surface area (Å²) in [5.41, 5.74) is -0.0561. The van der Waals surface area contributed by atoms with Crippen molar-refractivity contribution in [2.75, 3.05) is 7.11 Å². The summed E-state index contributed by atoms with van der Waals surface area (Å²) in [6.07, 6.45) is 0. The molecule has 0 atom stereocenters. The molecule has 0 radical (unpaired) electrons. The second kappa shape index (κ2) is 5.36. The van der Waals surface area contributed by atoms with E-state index >= 15 is 0 Å². The van der Waals surface area contributed by atoms with Crippen LogP contribution >= 0.6 is 11.6 Å². The third kappa shape index (κ3) is 2.74. The van der Waals surface area contributed by atoms with Gasteiger partial charge in [-0.2, -0.15) is 0 Å². The number of carbonyl (C=O) groups excluding carboxylic acids is 1. The summed E-state index contributed by atoms with van der Waals surface area (Å²) in [6.45, 7) is 0. The summed E-state index contributed by atoms with van der Waals surface area (Å²) in [5.74, 6) is -2.01. The van der Waals surface area contributed by atoms with Crippen molar-refractivity contribution in [3.05, 3.63) is 64.2 Å². The second-order valence-electron chi connectivity index (χ2n) is 3.80. The Kier molecular flexibility index (Phi) is 3.81. The summed E-state index contributed by atoms with van der Waals surface area (Å²) in [6, 6.07) is 7.18. The fourth-order valence-electron chi connectivity index (χ4n) is 1.67. The number of hydrogen-bond donors (Lipinski definition) is 0. The molecule has 98 valence electrons. The molecular formula is C14H9ClF2O2. The largest absolute Gasteiger partial charge is 0.496 e. The van der Waals surface area contributed by atoms with E-state index in [0.29, 0.717) is 11.1 Å². The number of carbonyl (C=O) groups is 1. The Balaban J connectivity index is 2.50. The van der Waals surface area contributed by atoms with Gasteiger partial charge in [0.05, 0.1) is 18.2 Å². The summed E-state index contributed by atoms with van der Waals surface area (Å²) in [7, 11) is 1.38. The molecule has 0 spiro atoms. The van der Waals surface area contributed by atoms with E-state index < -0.39 is 17.4 Å². The fourth-order valence-corrected chi connectivity index (χ4v) is 1.83. The summed E-state index contributed by atoms with van der Waals surface area (Å²) in [4.78, 5) is 12.2. The second-order valence-corrected chi connectivity index (χ2v) is 4.23. The number of halogens is 3. The van der Waals surface area contributed by atoms with Gasteiger partial charge in [0.1, 0.15) is 17.4 Å². The average molecular weight is 283 g/mol. The summed E-state index contributed by atoms with van der Waals surface area (Å²) < 4.78 is 31.4. The number of rotatable bonds is 3. The lowest BCUT2D eigenvalue weighted by atomic mass is 10.0. The molecule has 2 aromatic rings. The Morgan fingerprint density at radius 2 is 1.79 bits per heavy atom. The molecule has 0 bridgehead atoms. The van der Waals surface area contributed by atoms with Gasteiger partial charge in [-0.1, -0.05) is 11.6 Å². The molecule has 0 aliphatic rings. The highest BCUT2D eigenvalue weighted by atomic mass is 35.5. The van der Waals surface area contributed by atoms with Crippen molar-refractivity contribution >= 4 is 17.4 Å². The Labute approximate surface area is 113 Å². The molecule has 0 aromatic heterocycles. The van der Waals surface area contributed by atoms with Crippen molar-refractivity contribution in [3.63, 3.8) is 0 Å². The van der Waals surface area contributed by atoms with Gasteiger partial charge in [-0.25, -0.2) is 8.78 Å². The van der Waals surface area contributed by atoms with Crippen LogP contribution < -0.4 is 4.74 Å². The normalized spacial score (nSPS) is 10.3. The van der Waals surface area contributed by atoms with E-state index in [-0.39, 0.29) is 16.9 Å². The van der Waals surface area contributed by atoms with Gasteiger partial charge in [-0.05, 0) is 30.3 Å². The Morgan fingerprint density at radius 3 is 2.42 bits per heavy atom. The monoisotopic (exact) mass is 282 g/mol. The van der Waals surface area contributed by atoms with Gasteiger partial charge in [0.15, 0.2) is 5.78 Å². The van der Waals surface area contributed by atoms with Crippen molar-refractivity contribution in [1.82, 2.24) is 0 Å². The minimum atomic E-state index is -0.915. The highest BCUT2D eigenvalue weighted by molar-refractivity contribution is 6.31. The zero-order valence-corrected chi connectivity index (χ0v) is 10.7. The first-order valence-corrected chi connectivity index (χ1v) is 5.74. The van der Waals surface area contributed by atoms with E-state index in [1.165, 1.54) is 25.3 Å². The van der Waals surface area contributed by atoms with Gasteiger partial charge < -0.3 is 4.74 Å². The molecule has 5 heteroatoms. The quantitative estimate of drug-likeness (QED) is 0.799. The third-order valence-electron chi connectivity index (χ3n) is 2.58. The minimum Gasteiger partial charge on any atom is -0.496 e. The zero-order valence-electron chi connectivity index (χ0n) is 9.91. The van der Waals surface area contributed by atoms with E-state index in [1.54, 1.807) is 0 Å². The first-order valence-electron chi connectivity index (χ1n) is 5.36. The van der Waals surface area contributed by atoms with E-state index in [1.807, 2.05) is 0 Å². The highest BCUT2D eigenvalue weighted by Gasteiger charge is 2.18. The number of benzene rings is 2. The van der Waals surface area contributed by atoms with Crippen LogP contribution in [0.1, 0.15) is 15.9 Å². The molecule has 0 N–H and O–H groups in total. The van der Waals surface area contributed by atoms with Crippen LogP contribution in [0.4, 0.5) is 8.78 Å². The van der Waals surface area contributed by atoms with E-state index in [4.69, 9.17) is 16.3 Å².